The molecule has 21 heavy (non-hydrogen) atoms. The molecule has 0 aliphatic carbocycles. The van der Waals surface area contributed by atoms with E-state index < -0.39 is 0 Å². The fourth-order valence-corrected chi connectivity index (χ4v) is 3.41. The van der Waals surface area contributed by atoms with Crippen molar-refractivity contribution in [2.75, 3.05) is 5.32 Å². The summed E-state index contributed by atoms with van der Waals surface area (Å²) in [4.78, 5) is 4.08. The number of para-hydroxylation sites is 1. The molecule has 2 aromatic heterocycles. The molecular formula is C15H13Cl2N3S. The summed E-state index contributed by atoms with van der Waals surface area (Å²) in [6.07, 6.45) is 5.34. The number of thiophene rings is 1. The van der Waals surface area contributed by atoms with E-state index in [1.54, 1.807) is 12.5 Å². The molecule has 3 nitrogen and oxygen atoms in total. The van der Waals surface area contributed by atoms with E-state index in [1.165, 1.54) is 11.3 Å². The van der Waals surface area contributed by atoms with E-state index in [2.05, 4.69) is 22.6 Å². The largest absolute Gasteiger partial charge is 0.377 e. The Bertz CT molecular complexity index is 737. The second kappa shape index (κ2) is 6.10. The molecule has 0 amide bonds. The zero-order valence-electron chi connectivity index (χ0n) is 11.3. The molecule has 2 heterocycles. The van der Waals surface area contributed by atoms with Gasteiger partial charge in [-0.3, -0.25) is 0 Å². The molecule has 0 saturated carbocycles. The predicted molar refractivity (Wildman–Crippen MR) is 89.9 cm³/mol. The molecule has 0 aliphatic heterocycles. The second-order valence-electron chi connectivity index (χ2n) is 4.66. The zero-order chi connectivity index (χ0) is 14.8. The first-order valence-corrected chi connectivity index (χ1v) is 8.06. The van der Waals surface area contributed by atoms with Crippen molar-refractivity contribution in [3.63, 3.8) is 0 Å². The van der Waals surface area contributed by atoms with Crippen molar-refractivity contribution in [1.29, 1.82) is 0 Å². The van der Waals surface area contributed by atoms with Gasteiger partial charge in [-0.25, -0.2) is 4.98 Å². The number of nitrogens with zero attached hydrogens (tertiary/aromatic N) is 2. The lowest BCUT2D eigenvalue weighted by atomic mass is 10.1. The zero-order valence-corrected chi connectivity index (χ0v) is 13.6. The van der Waals surface area contributed by atoms with Crippen molar-refractivity contribution >= 4 is 40.2 Å². The van der Waals surface area contributed by atoms with Crippen LogP contribution in [0.15, 0.2) is 48.4 Å². The van der Waals surface area contributed by atoms with Crippen LogP contribution < -0.4 is 5.32 Å². The summed E-state index contributed by atoms with van der Waals surface area (Å²) in [6, 6.07) is 7.92. The number of halogens is 2. The number of rotatable bonds is 4. The molecule has 0 bridgehead atoms. The first kappa shape index (κ1) is 14.4. The Morgan fingerprint density at radius 1 is 1.33 bits per heavy atom. The smallest absolute Gasteiger partial charge is 0.0992 e. The van der Waals surface area contributed by atoms with Crippen LogP contribution in [-0.2, 0) is 0 Å². The van der Waals surface area contributed by atoms with Gasteiger partial charge in [0.15, 0.2) is 0 Å². The average molecular weight is 338 g/mol. The predicted octanol–water partition coefficient (Wildman–Crippen LogP) is 5.41. The number of hydrogen-bond donors (Lipinski definition) is 1. The number of imidazole rings is 1. The van der Waals surface area contributed by atoms with Gasteiger partial charge in [-0.05, 0) is 36.1 Å². The van der Waals surface area contributed by atoms with Crippen LogP contribution >= 0.6 is 34.5 Å². The standard InChI is InChI=1S/C15H13Cl2N3S/c1-10(11-7-14(17)21-8-11)19-13-4-2-3-12(16)15(13)20-6-5-18-9-20/h2-10,19H,1H3. The maximum atomic E-state index is 6.35. The molecule has 0 aliphatic rings. The highest BCUT2D eigenvalue weighted by molar-refractivity contribution is 7.14. The number of hydrogen-bond acceptors (Lipinski definition) is 3. The fraction of sp³-hybridized carbons (Fsp3) is 0.133. The molecule has 1 N–H and O–H groups in total. The summed E-state index contributed by atoms with van der Waals surface area (Å²) in [6.45, 7) is 2.09. The van der Waals surface area contributed by atoms with Gasteiger partial charge in [0, 0.05) is 18.4 Å². The van der Waals surface area contributed by atoms with Crippen LogP contribution in [0.2, 0.25) is 9.36 Å². The van der Waals surface area contributed by atoms with Crippen molar-refractivity contribution in [1.82, 2.24) is 9.55 Å². The minimum Gasteiger partial charge on any atom is -0.377 e. The molecule has 1 unspecified atom stereocenters. The van der Waals surface area contributed by atoms with Crippen molar-refractivity contribution in [3.8, 4) is 5.69 Å². The van der Waals surface area contributed by atoms with Gasteiger partial charge >= 0.3 is 0 Å². The number of anilines is 1. The molecule has 0 fully saturated rings. The highest BCUT2D eigenvalue weighted by atomic mass is 35.5. The molecule has 0 radical (unpaired) electrons. The van der Waals surface area contributed by atoms with Gasteiger partial charge in [-0.2, -0.15) is 0 Å². The topological polar surface area (TPSA) is 29.9 Å². The third-order valence-electron chi connectivity index (χ3n) is 3.21. The van der Waals surface area contributed by atoms with E-state index >= 15 is 0 Å². The Labute approximate surface area is 137 Å². The number of aromatic nitrogens is 2. The van der Waals surface area contributed by atoms with E-state index in [1.807, 2.05) is 35.0 Å². The minimum absolute atomic E-state index is 0.134. The molecule has 1 atom stereocenters. The van der Waals surface area contributed by atoms with Crippen LogP contribution in [0.1, 0.15) is 18.5 Å². The molecule has 6 heteroatoms. The number of nitrogens with one attached hydrogen (secondary N) is 1. The third-order valence-corrected chi connectivity index (χ3v) is 4.62. The van der Waals surface area contributed by atoms with Gasteiger partial charge in [0.05, 0.1) is 27.1 Å². The first-order chi connectivity index (χ1) is 10.1. The van der Waals surface area contributed by atoms with E-state index in [4.69, 9.17) is 23.2 Å². The van der Waals surface area contributed by atoms with Crippen LogP contribution in [0.4, 0.5) is 5.69 Å². The fourth-order valence-electron chi connectivity index (χ4n) is 2.15. The van der Waals surface area contributed by atoms with Crippen LogP contribution in [0.5, 0.6) is 0 Å². The number of benzene rings is 1. The maximum Gasteiger partial charge on any atom is 0.0992 e. The highest BCUT2D eigenvalue weighted by Gasteiger charge is 2.13. The van der Waals surface area contributed by atoms with Crippen molar-refractivity contribution in [2.45, 2.75) is 13.0 Å². The summed E-state index contributed by atoms with van der Waals surface area (Å²) in [7, 11) is 0. The van der Waals surface area contributed by atoms with Gasteiger partial charge < -0.3 is 9.88 Å². The summed E-state index contributed by atoms with van der Waals surface area (Å²) in [5.74, 6) is 0. The van der Waals surface area contributed by atoms with Crippen LogP contribution in [0, 0.1) is 0 Å². The van der Waals surface area contributed by atoms with E-state index in [9.17, 15) is 0 Å². The van der Waals surface area contributed by atoms with Crippen molar-refractivity contribution in [3.05, 3.63) is 63.3 Å². The summed E-state index contributed by atoms with van der Waals surface area (Å²) in [5, 5.41) is 6.22. The average Bonchev–Trinajstić information content (AvgIpc) is 3.10. The Morgan fingerprint density at radius 3 is 2.86 bits per heavy atom. The normalized spacial score (nSPS) is 12.3. The Balaban J connectivity index is 1.94. The third kappa shape index (κ3) is 3.07. The van der Waals surface area contributed by atoms with Gasteiger partial charge in [0.2, 0.25) is 0 Å². The molecule has 108 valence electrons. The summed E-state index contributed by atoms with van der Waals surface area (Å²) in [5.41, 5.74) is 3.00. The van der Waals surface area contributed by atoms with E-state index in [-0.39, 0.29) is 6.04 Å². The second-order valence-corrected chi connectivity index (χ2v) is 6.61. The lowest BCUT2D eigenvalue weighted by Crippen LogP contribution is -2.08. The summed E-state index contributed by atoms with van der Waals surface area (Å²) >= 11 is 13.9. The van der Waals surface area contributed by atoms with Gasteiger partial charge in [0.25, 0.3) is 0 Å². The van der Waals surface area contributed by atoms with Gasteiger partial charge in [-0.1, -0.05) is 29.3 Å². The quantitative estimate of drug-likeness (QED) is 0.689. The molecule has 3 aromatic rings. The molecule has 0 saturated heterocycles. The molecule has 1 aromatic carbocycles. The minimum atomic E-state index is 0.134. The lowest BCUT2D eigenvalue weighted by Gasteiger charge is -2.18. The lowest BCUT2D eigenvalue weighted by molar-refractivity contribution is 0.885. The SMILES string of the molecule is CC(Nc1cccc(Cl)c1-n1ccnc1)c1csc(Cl)c1. The van der Waals surface area contributed by atoms with Crippen LogP contribution in [0.25, 0.3) is 5.69 Å². The molecule has 3 rings (SSSR count). The van der Waals surface area contributed by atoms with Gasteiger partial charge in [0.1, 0.15) is 0 Å². The van der Waals surface area contributed by atoms with Crippen LogP contribution in [0.3, 0.4) is 0 Å². The maximum absolute atomic E-state index is 6.35. The highest BCUT2D eigenvalue weighted by Crippen LogP contribution is 2.32. The Morgan fingerprint density at radius 2 is 2.19 bits per heavy atom. The Kier molecular flexibility index (Phi) is 4.19. The van der Waals surface area contributed by atoms with Crippen molar-refractivity contribution in [2.24, 2.45) is 0 Å². The first-order valence-electron chi connectivity index (χ1n) is 6.42. The summed E-state index contributed by atoms with van der Waals surface area (Å²) < 4.78 is 2.69. The molecule has 0 spiro atoms. The van der Waals surface area contributed by atoms with Crippen molar-refractivity contribution < 1.29 is 0 Å². The van der Waals surface area contributed by atoms with Crippen LogP contribution in [-0.4, -0.2) is 9.55 Å². The van der Waals surface area contributed by atoms with E-state index in [0.717, 1.165) is 21.3 Å². The Hall–Kier alpha value is -1.49. The van der Waals surface area contributed by atoms with Gasteiger partial charge in [-0.15, -0.1) is 11.3 Å². The monoisotopic (exact) mass is 337 g/mol. The molecular weight excluding hydrogens is 325 g/mol. The van der Waals surface area contributed by atoms with E-state index in [0.29, 0.717) is 5.02 Å².